The number of fused-ring (bicyclic) bond motifs is 1. The van der Waals surface area contributed by atoms with E-state index < -0.39 is 0 Å². The number of aromatic nitrogens is 4. The number of thioether (sulfide) groups is 1. The fourth-order valence-electron chi connectivity index (χ4n) is 2.72. The van der Waals surface area contributed by atoms with E-state index in [2.05, 4.69) is 15.1 Å². The third kappa shape index (κ3) is 3.50. The van der Waals surface area contributed by atoms with Crippen molar-refractivity contribution in [1.82, 2.24) is 24.6 Å². The number of nitrogens with zero attached hydrogens (tertiary/aromatic N) is 4. The molecule has 1 atom stereocenters. The zero-order chi connectivity index (χ0) is 18.7. The van der Waals surface area contributed by atoms with Crippen LogP contribution in [-0.2, 0) is 4.79 Å². The number of aromatic amines is 1. The minimum Gasteiger partial charge on any atom is -0.342 e. The van der Waals surface area contributed by atoms with Crippen molar-refractivity contribution in [3.05, 3.63) is 46.9 Å². The average Bonchev–Trinajstić information content (AvgIpc) is 3.07. The van der Waals surface area contributed by atoms with Gasteiger partial charge in [-0.25, -0.2) is 9.67 Å². The lowest BCUT2D eigenvalue weighted by atomic mass is 10.3. The van der Waals surface area contributed by atoms with Crippen molar-refractivity contribution in [2.75, 3.05) is 13.1 Å². The van der Waals surface area contributed by atoms with Crippen LogP contribution >= 0.6 is 11.8 Å². The highest BCUT2D eigenvalue weighted by Crippen LogP contribution is 2.22. The van der Waals surface area contributed by atoms with Gasteiger partial charge in [-0.1, -0.05) is 30.0 Å². The van der Waals surface area contributed by atoms with Crippen LogP contribution in [0.5, 0.6) is 0 Å². The molecule has 1 unspecified atom stereocenters. The maximum absolute atomic E-state index is 12.5. The number of hydrogen-bond acceptors (Lipinski definition) is 5. The molecule has 8 heteroatoms. The van der Waals surface area contributed by atoms with E-state index in [0.29, 0.717) is 29.3 Å². The van der Waals surface area contributed by atoms with Gasteiger partial charge in [-0.3, -0.25) is 9.59 Å². The summed E-state index contributed by atoms with van der Waals surface area (Å²) in [7, 11) is 0. The van der Waals surface area contributed by atoms with Gasteiger partial charge >= 0.3 is 0 Å². The smallest absolute Gasteiger partial charge is 0.262 e. The molecule has 0 radical (unpaired) electrons. The molecule has 3 aromatic rings. The van der Waals surface area contributed by atoms with Crippen LogP contribution in [0.4, 0.5) is 0 Å². The second kappa shape index (κ2) is 7.74. The van der Waals surface area contributed by atoms with E-state index in [9.17, 15) is 9.59 Å². The minimum atomic E-state index is -0.344. The summed E-state index contributed by atoms with van der Waals surface area (Å²) in [6.45, 7) is 7.03. The molecule has 26 heavy (non-hydrogen) atoms. The second-order valence-electron chi connectivity index (χ2n) is 5.77. The van der Waals surface area contributed by atoms with Crippen LogP contribution in [0.3, 0.4) is 0 Å². The molecule has 0 aliphatic rings. The van der Waals surface area contributed by atoms with E-state index in [1.165, 1.54) is 18.0 Å². The van der Waals surface area contributed by atoms with Gasteiger partial charge in [0.25, 0.3) is 5.56 Å². The number of nitrogens with one attached hydrogen (secondary N) is 1. The number of amides is 1. The summed E-state index contributed by atoms with van der Waals surface area (Å²) in [5.74, 6) is 0.0271. The average molecular weight is 371 g/mol. The van der Waals surface area contributed by atoms with Gasteiger partial charge in [0, 0.05) is 13.1 Å². The van der Waals surface area contributed by atoms with Crippen LogP contribution in [0.1, 0.15) is 20.8 Å². The summed E-state index contributed by atoms with van der Waals surface area (Å²) in [6.07, 6.45) is 1.51. The highest BCUT2D eigenvalue weighted by atomic mass is 32.2. The summed E-state index contributed by atoms with van der Waals surface area (Å²) in [5, 5.41) is 4.77. The summed E-state index contributed by atoms with van der Waals surface area (Å²) in [6, 6.07) is 9.51. The molecule has 2 heterocycles. The van der Waals surface area contributed by atoms with Gasteiger partial charge in [-0.15, -0.1) is 0 Å². The Labute approximate surface area is 155 Å². The molecule has 0 aliphatic heterocycles. The highest BCUT2D eigenvalue weighted by Gasteiger charge is 2.21. The first-order valence-electron chi connectivity index (χ1n) is 8.54. The normalized spacial score (nSPS) is 12.3. The van der Waals surface area contributed by atoms with Gasteiger partial charge in [0.15, 0.2) is 10.8 Å². The number of H-pyrrole nitrogens is 1. The maximum atomic E-state index is 12.5. The molecule has 0 saturated carbocycles. The second-order valence-corrected chi connectivity index (χ2v) is 7.10. The Morgan fingerprint density at radius 3 is 2.62 bits per heavy atom. The molecule has 0 saturated heterocycles. The molecule has 0 aliphatic carbocycles. The van der Waals surface area contributed by atoms with Crippen molar-refractivity contribution in [2.24, 2.45) is 0 Å². The Balaban J connectivity index is 1.95. The molecule has 136 valence electrons. The lowest BCUT2D eigenvalue weighted by molar-refractivity contribution is -0.129. The van der Waals surface area contributed by atoms with E-state index in [1.54, 1.807) is 9.58 Å². The fourth-order valence-corrected chi connectivity index (χ4v) is 3.60. The van der Waals surface area contributed by atoms with Crippen LogP contribution in [0, 0.1) is 0 Å². The number of hydrogen-bond donors (Lipinski definition) is 1. The van der Waals surface area contributed by atoms with Gasteiger partial charge < -0.3 is 9.88 Å². The van der Waals surface area contributed by atoms with Crippen LogP contribution < -0.4 is 5.56 Å². The van der Waals surface area contributed by atoms with E-state index in [4.69, 9.17) is 0 Å². The standard InChI is InChI=1S/C18H21N5O2S/c1-4-22(5-2)17(25)12(3)26-18-20-15-14(16(24)21-18)11-19-23(15)13-9-7-6-8-10-13/h6-12H,4-5H2,1-3H3,(H,20,21,24). The van der Waals surface area contributed by atoms with Crippen LogP contribution in [0.25, 0.3) is 16.7 Å². The Kier molecular flexibility index (Phi) is 5.41. The largest absolute Gasteiger partial charge is 0.342 e. The molecule has 0 fully saturated rings. The van der Waals surface area contributed by atoms with Crippen molar-refractivity contribution in [2.45, 2.75) is 31.2 Å². The SMILES string of the molecule is CCN(CC)C(=O)C(C)Sc1nc2c(cnn2-c2ccccc2)c(=O)[nH]1. The van der Waals surface area contributed by atoms with Gasteiger partial charge in [0.05, 0.1) is 17.1 Å². The maximum Gasteiger partial charge on any atom is 0.262 e. The summed E-state index contributed by atoms with van der Waals surface area (Å²) < 4.78 is 1.63. The molecule has 1 aromatic carbocycles. The predicted molar refractivity (Wildman–Crippen MR) is 103 cm³/mol. The minimum absolute atomic E-state index is 0.0271. The molecule has 0 spiro atoms. The van der Waals surface area contributed by atoms with Crippen molar-refractivity contribution >= 4 is 28.7 Å². The molecule has 7 nitrogen and oxygen atoms in total. The predicted octanol–water partition coefficient (Wildman–Crippen LogP) is 2.46. The summed E-state index contributed by atoms with van der Waals surface area (Å²) in [5.41, 5.74) is 1.04. The molecule has 1 amide bonds. The van der Waals surface area contributed by atoms with Gasteiger partial charge in [-0.2, -0.15) is 5.10 Å². The molecule has 0 bridgehead atoms. The number of para-hydroxylation sites is 1. The van der Waals surface area contributed by atoms with Crippen LogP contribution in [-0.4, -0.2) is 48.9 Å². The van der Waals surface area contributed by atoms with Crippen molar-refractivity contribution < 1.29 is 4.79 Å². The zero-order valence-electron chi connectivity index (χ0n) is 15.0. The number of benzene rings is 1. The Morgan fingerprint density at radius 2 is 1.96 bits per heavy atom. The van der Waals surface area contributed by atoms with Crippen molar-refractivity contribution in [1.29, 1.82) is 0 Å². The zero-order valence-corrected chi connectivity index (χ0v) is 15.8. The molecular weight excluding hydrogens is 350 g/mol. The molecule has 2 aromatic heterocycles. The van der Waals surface area contributed by atoms with E-state index >= 15 is 0 Å². The molecular formula is C18H21N5O2S. The van der Waals surface area contributed by atoms with E-state index in [-0.39, 0.29) is 16.7 Å². The van der Waals surface area contributed by atoms with Crippen molar-refractivity contribution in [3.8, 4) is 5.69 Å². The van der Waals surface area contributed by atoms with Gasteiger partial charge in [0.2, 0.25) is 5.91 Å². The lowest BCUT2D eigenvalue weighted by Gasteiger charge is -2.22. The third-order valence-corrected chi connectivity index (χ3v) is 5.10. The first-order valence-corrected chi connectivity index (χ1v) is 9.42. The Bertz CT molecular complexity index is 963. The molecule has 1 N–H and O–H groups in total. The number of rotatable bonds is 6. The monoisotopic (exact) mass is 371 g/mol. The lowest BCUT2D eigenvalue weighted by Crippen LogP contribution is -2.36. The van der Waals surface area contributed by atoms with Gasteiger partial charge in [-0.05, 0) is 32.9 Å². The molecule has 3 rings (SSSR count). The number of carbonyl (C=O) groups is 1. The van der Waals surface area contributed by atoms with Crippen LogP contribution in [0.2, 0.25) is 0 Å². The first-order chi connectivity index (χ1) is 12.5. The van der Waals surface area contributed by atoms with Crippen molar-refractivity contribution in [3.63, 3.8) is 0 Å². The number of carbonyl (C=O) groups excluding carboxylic acids is 1. The fraction of sp³-hybridized carbons (Fsp3) is 0.333. The Hall–Kier alpha value is -2.61. The van der Waals surface area contributed by atoms with Gasteiger partial charge in [0.1, 0.15) is 5.39 Å². The quantitative estimate of drug-likeness (QED) is 0.531. The van der Waals surface area contributed by atoms with E-state index in [0.717, 1.165) is 5.69 Å². The van der Waals surface area contributed by atoms with Crippen LogP contribution in [0.15, 0.2) is 46.5 Å². The topological polar surface area (TPSA) is 83.9 Å². The summed E-state index contributed by atoms with van der Waals surface area (Å²) >= 11 is 1.25. The first kappa shape index (κ1) is 18.2. The Morgan fingerprint density at radius 1 is 1.27 bits per heavy atom. The van der Waals surface area contributed by atoms with E-state index in [1.807, 2.05) is 51.1 Å². The summed E-state index contributed by atoms with van der Waals surface area (Å²) in [4.78, 5) is 33.9. The third-order valence-electron chi connectivity index (χ3n) is 4.13. The highest BCUT2D eigenvalue weighted by molar-refractivity contribution is 8.00.